The highest BCUT2D eigenvalue weighted by Crippen LogP contribution is 2.59. The van der Waals surface area contributed by atoms with Crippen LogP contribution in [0.5, 0.6) is 0 Å². The minimum Gasteiger partial charge on any atom is -0.465 e. The summed E-state index contributed by atoms with van der Waals surface area (Å²) in [5.41, 5.74) is 3.62. The third kappa shape index (κ3) is 3.33. The number of nitrogens with two attached hydrogens (primary N) is 1. The van der Waals surface area contributed by atoms with E-state index >= 15 is 0 Å². The van der Waals surface area contributed by atoms with Gasteiger partial charge in [-0.1, -0.05) is 24.3 Å². The zero-order valence-corrected chi connectivity index (χ0v) is 15.8. The summed E-state index contributed by atoms with van der Waals surface area (Å²) in [5.74, 6) is 1.14. The largest absolute Gasteiger partial charge is 0.465 e. The lowest BCUT2D eigenvalue weighted by Crippen LogP contribution is -2.16. The van der Waals surface area contributed by atoms with Crippen molar-refractivity contribution in [3.8, 4) is 0 Å². The fraction of sp³-hybridized carbons (Fsp3) is 0.350. The Labute approximate surface area is 158 Å². The SMILES string of the molecule is COC(=O)c1cc(S(N)(=O)=O)ccc1NC[C@@H]1[C@H]2CCc3ccccc3[C@H]21. The number of aryl methyl sites for hydroxylation is 1. The number of benzene rings is 2. The molecule has 3 atom stereocenters. The molecule has 142 valence electrons. The van der Waals surface area contributed by atoms with Gasteiger partial charge in [0, 0.05) is 12.2 Å². The Morgan fingerprint density at radius 3 is 2.78 bits per heavy atom. The number of rotatable bonds is 5. The summed E-state index contributed by atoms with van der Waals surface area (Å²) in [6.45, 7) is 0.725. The highest BCUT2D eigenvalue weighted by Gasteiger charge is 2.52. The van der Waals surface area contributed by atoms with E-state index in [9.17, 15) is 13.2 Å². The number of carbonyl (C=O) groups is 1. The van der Waals surface area contributed by atoms with Gasteiger partial charge in [-0.3, -0.25) is 0 Å². The van der Waals surface area contributed by atoms with Gasteiger partial charge in [-0.05, 0) is 59.9 Å². The van der Waals surface area contributed by atoms with Crippen molar-refractivity contribution in [2.45, 2.75) is 23.7 Å². The van der Waals surface area contributed by atoms with Crippen LogP contribution in [0.4, 0.5) is 5.69 Å². The van der Waals surface area contributed by atoms with Crippen LogP contribution in [0.15, 0.2) is 47.4 Å². The van der Waals surface area contributed by atoms with Crippen LogP contribution in [0, 0.1) is 11.8 Å². The van der Waals surface area contributed by atoms with Gasteiger partial charge in [-0.15, -0.1) is 0 Å². The van der Waals surface area contributed by atoms with Crippen LogP contribution in [0.2, 0.25) is 0 Å². The molecule has 4 rings (SSSR count). The molecule has 0 aromatic heterocycles. The lowest BCUT2D eigenvalue weighted by Gasteiger charge is -2.13. The van der Waals surface area contributed by atoms with Crippen molar-refractivity contribution in [3.63, 3.8) is 0 Å². The second-order valence-electron chi connectivity index (χ2n) is 7.22. The smallest absolute Gasteiger partial charge is 0.340 e. The van der Waals surface area contributed by atoms with E-state index in [-0.39, 0.29) is 10.5 Å². The number of esters is 1. The van der Waals surface area contributed by atoms with E-state index in [1.54, 1.807) is 6.07 Å². The molecule has 0 amide bonds. The fourth-order valence-corrected chi connectivity index (χ4v) is 4.89. The Bertz CT molecular complexity index is 1000. The lowest BCUT2D eigenvalue weighted by atomic mass is 9.92. The van der Waals surface area contributed by atoms with Gasteiger partial charge in [0.1, 0.15) is 0 Å². The molecular weight excluding hydrogens is 364 g/mol. The summed E-state index contributed by atoms with van der Waals surface area (Å²) in [4.78, 5) is 12.0. The van der Waals surface area contributed by atoms with Gasteiger partial charge in [-0.25, -0.2) is 18.4 Å². The molecule has 0 heterocycles. The van der Waals surface area contributed by atoms with Crippen LogP contribution < -0.4 is 10.5 Å². The molecule has 27 heavy (non-hydrogen) atoms. The molecule has 1 fully saturated rings. The molecule has 0 aliphatic heterocycles. The average Bonchev–Trinajstić information content (AvgIpc) is 3.38. The molecule has 0 unspecified atom stereocenters. The second-order valence-corrected chi connectivity index (χ2v) is 8.78. The van der Waals surface area contributed by atoms with Crippen molar-refractivity contribution < 1.29 is 17.9 Å². The van der Waals surface area contributed by atoms with Gasteiger partial charge in [0.2, 0.25) is 10.0 Å². The Hall–Kier alpha value is -2.38. The predicted molar refractivity (Wildman–Crippen MR) is 102 cm³/mol. The highest BCUT2D eigenvalue weighted by molar-refractivity contribution is 7.89. The normalized spacial score (nSPS) is 23.1. The van der Waals surface area contributed by atoms with Crippen molar-refractivity contribution in [1.82, 2.24) is 0 Å². The van der Waals surface area contributed by atoms with E-state index in [4.69, 9.17) is 9.88 Å². The number of hydrogen-bond donors (Lipinski definition) is 2. The van der Waals surface area contributed by atoms with E-state index in [0.717, 1.165) is 13.0 Å². The summed E-state index contributed by atoms with van der Waals surface area (Å²) in [6, 6.07) is 12.8. The second kappa shape index (κ2) is 6.65. The topological polar surface area (TPSA) is 98.5 Å². The first-order valence-corrected chi connectivity index (χ1v) is 10.5. The highest BCUT2D eigenvalue weighted by atomic mass is 32.2. The number of methoxy groups -OCH3 is 1. The Kier molecular flexibility index (Phi) is 4.44. The molecule has 0 spiro atoms. The summed E-state index contributed by atoms with van der Waals surface area (Å²) in [6.07, 6.45) is 2.30. The Balaban J connectivity index is 1.53. The molecule has 0 radical (unpaired) electrons. The maximum atomic E-state index is 12.1. The van der Waals surface area contributed by atoms with Gasteiger partial charge in [0.25, 0.3) is 0 Å². The monoisotopic (exact) mass is 386 g/mol. The van der Waals surface area contributed by atoms with Crippen molar-refractivity contribution in [2.75, 3.05) is 19.0 Å². The van der Waals surface area contributed by atoms with Crippen LogP contribution in [0.25, 0.3) is 0 Å². The molecule has 2 aromatic carbocycles. The number of hydrogen-bond acceptors (Lipinski definition) is 5. The van der Waals surface area contributed by atoms with Crippen LogP contribution in [0.1, 0.15) is 33.8 Å². The number of anilines is 1. The van der Waals surface area contributed by atoms with E-state index in [1.165, 1.54) is 36.8 Å². The number of carbonyl (C=O) groups excluding carboxylic acids is 1. The molecule has 2 aliphatic rings. The molecule has 2 aliphatic carbocycles. The minimum atomic E-state index is -3.89. The van der Waals surface area contributed by atoms with Gasteiger partial charge in [-0.2, -0.15) is 0 Å². The maximum Gasteiger partial charge on any atom is 0.340 e. The number of ether oxygens (including phenoxy) is 1. The molecular formula is C20H22N2O4S. The van der Waals surface area contributed by atoms with Crippen molar-refractivity contribution in [1.29, 1.82) is 0 Å². The number of nitrogens with one attached hydrogen (secondary N) is 1. The molecule has 3 N–H and O–H groups in total. The first-order chi connectivity index (χ1) is 12.9. The van der Waals surface area contributed by atoms with E-state index in [2.05, 4.69) is 29.6 Å². The van der Waals surface area contributed by atoms with Crippen LogP contribution >= 0.6 is 0 Å². The standard InChI is InChI=1S/C20H22N2O4S/c1-26-20(23)16-10-13(27(21,24)25)7-9-18(16)22-11-17-15-8-6-12-4-2-3-5-14(12)19(15)17/h2-5,7,9-10,15,17,19,22H,6,8,11H2,1H3,(H2,21,24,25)/t15-,17-,19-/m1/s1. The van der Waals surface area contributed by atoms with Crippen LogP contribution in [0.3, 0.4) is 0 Å². The Morgan fingerprint density at radius 1 is 1.26 bits per heavy atom. The molecule has 0 saturated heterocycles. The number of sulfonamides is 1. The molecule has 1 saturated carbocycles. The minimum absolute atomic E-state index is 0.109. The van der Waals surface area contributed by atoms with Gasteiger partial charge in [0.15, 0.2) is 0 Å². The van der Waals surface area contributed by atoms with Crippen LogP contribution in [-0.2, 0) is 21.2 Å². The van der Waals surface area contributed by atoms with Gasteiger partial charge < -0.3 is 10.1 Å². The first-order valence-electron chi connectivity index (χ1n) is 8.97. The zero-order valence-electron chi connectivity index (χ0n) is 15.0. The first kappa shape index (κ1) is 18.0. The Morgan fingerprint density at radius 2 is 2.04 bits per heavy atom. The third-order valence-electron chi connectivity index (χ3n) is 5.75. The van der Waals surface area contributed by atoms with Gasteiger partial charge >= 0.3 is 5.97 Å². The van der Waals surface area contributed by atoms with E-state index < -0.39 is 16.0 Å². The fourth-order valence-electron chi connectivity index (χ4n) is 4.35. The summed E-state index contributed by atoms with van der Waals surface area (Å²) >= 11 is 0. The van der Waals surface area contributed by atoms with Gasteiger partial charge in [0.05, 0.1) is 17.6 Å². The predicted octanol–water partition coefficient (Wildman–Crippen LogP) is 2.51. The van der Waals surface area contributed by atoms with E-state index in [1.807, 2.05) is 0 Å². The average molecular weight is 386 g/mol. The van der Waals surface area contributed by atoms with E-state index in [0.29, 0.717) is 23.4 Å². The number of primary sulfonamides is 1. The molecule has 2 aromatic rings. The molecule has 7 heteroatoms. The summed E-state index contributed by atoms with van der Waals surface area (Å²) < 4.78 is 27.9. The van der Waals surface area contributed by atoms with Crippen molar-refractivity contribution in [3.05, 3.63) is 59.2 Å². The quantitative estimate of drug-likeness (QED) is 0.770. The third-order valence-corrected chi connectivity index (χ3v) is 6.66. The lowest BCUT2D eigenvalue weighted by molar-refractivity contribution is 0.0601. The van der Waals surface area contributed by atoms with Crippen LogP contribution in [-0.4, -0.2) is 28.0 Å². The van der Waals surface area contributed by atoms with Crippen molar-refractivity contribution >= 4 is 21.7 Å². The maximum absolute atomic E-state index is 12.1. The molecule has 0 bridgehead atoms. The number of fused-ring (bicyclic) bond motifs is 3. The summed E-state index contributed by atoms with van der Waals surface area (Å²) in [7, 11) is -2.62. The van der Waals surface area contributed by atoms with Crippen molar-refractivity contribution in [2.24, 2.45) is 17.0 Å². The summed E-state index contributed by atoms with van der Waals surface area (Å²) in [5, 5.41) is 8.49. The molecule has 6 nitrogen and oxygen atoms in total. The zero-order chi connectivity index (χ0) is 19.2.